The number of benzene rings is 1. The molecule has 23 heavy (non-hydrogen) atoms. The van der Waals surface area contributed by atoms with Crippen molar-refractivity contribution in [1.29, 1.82) is 0 Å². The molecule has 1 aliphatic rings. The first-order valence-electron chi connectivity index (χ1n) is 8.24. The molecule has 0 aromatic heterocycles. The standard InChI is InChI=1S/C18H25NO4/c1-4-22-18(21)15-8-10-16(11-9-15)23-12-17(20)19-13(2)6-5-7-14(19)3/h8-11,13-14H,4-7,12H2,1-3H3/t13-,14-/m0/s1. The third-order valence-electron chi connectivity index (χ3n) is 4.21. The molecule has 1 saturated heterocycles. The largest absolute Gasteiger partial charge is 0.484 e. The second-order valence-corrected chi connectivity index (χ2v) is 5.96. The maximum atomic E-state index is 12.4. The minimum Gasteiger partial charge on any atom is -0.484 e. The zero-order chi connectivity index (χ0) is 16.8. The van der Waals surface area contributed by atoms with E-state index in [9.17, 15) is 9.59 Å². The molecule has 0 bridgehead atoms. The van der Waals surface area contributed by atoms with Crippen LogP contribution in [0.4, 0.5) is 0 Å². The highest BCUT2D eigenvalue weighted by atomic mass is 16.5. The SMILES string of the molecule is CCOC(=O)c1ccc(OCC(=O)N2[C@@H](C)CCC[C@@H]2C)cc1. The number of esters is 1. The van der Waals surface area contributed by atoms with Crippen LogP contribution in [-0.2, 0) is 9.53 Å². The van der Waals surface area contributed by atoms with E-state index in [0.717, 1.165) is 12.8 Å². The van der Waals surface area contributed by atoms with Crippen LogP contribution in [0.3, 0.4) is 0 Å². The number of carbonyl (C=O) groups excluding carboxylic acids is 2. The number of amides is 1. The average Bonchev–Trinajstić information content (AvgIpc) is 2.53. The van der Waals surface area contributed by atoms with Gasteiger partial charge >= 0.3 is 5.97 Å². The Hall–Kier alpha value is -2.04. The quantitative estimate of drug-likeness (QED) is 0.783. The molecule has 126 valence electrons. The van der Waals surface area contributed by atoms with Gasteiger partial charge in [-0.2, -0.15) is 0 Å². The van der Waals surface area contributed by atoms with Gasteiger partial charge in [0.25, 0.3) is 5.91 Å². The monoisotopic (exact) mass is 319 g/mol. The van der Waals surface area contributed by atoms with E-state index in [1.165, 1.54) is 6.42 Å². The molecule has 1 heterocycles. The summed E-state index contributed by atoms with van der Waals surface area (Å²) in [5.41, 5.74) is 0.476. The van der Waals surface area contributed by atoms with Crippen molar-refractivity contribution < 1.29 is 19.1 Å². The molecule has 1 aromatic rings. The van der Waals surface area contributed by atoms with Crippen molar-refractivity contribution in [2.45, 2.75) is 52.1 Å². The third kappa shape index (κ3) is 4.47. The second-order valence-electron chi connectivity index (χ2n) is 5.96. The highest BCUT2D eigenvalue weighted by Gasteiger charge is 2.28. The lowest BCUT2D eigenvalue weighted by atomic mass is 9.97. The summed E-state index contributed by atoms with van der Waals surface area (Å²) in [4.78, 5) is 25.9. The Morgan fingerprint density at radius 1 is 1.13 bits per heavy atom. The summed E-state index contributed by atoms with van der Waals surface area (Å²) < 4.78 is 10.5. The molecule has 0 radical (unpaired) electrons. The van der Waals surface area contributed by atoms with E-state index in [2.05, 4.69) is 13.8 Å². The highest BCUT2D eigenvalue weighted by molar-refractivity contribution is 5.89. The molecule has 5 heteroatoms. The molecule has 1 amide bonds. The fraction of sp³-hybridized carbons (Fsp3) is 0.556. The van der Waals surface area contributed by atoms with Crippen molar-refractivity contribution in [1.82, 2.24) is 4.90 Å². The van der Waals surface area contributed by atoms with Gasteiger partial charge in [-0.3, -0.25) is 4.79 Å². The van der Waals surface area contributed by atoms with Crippen molar-refractivity contribution >= 4 is 11.9 Å². The average molecular weight is 319 g/mol. The van der Waals surface area contributed by atoms with Crippen LogP contribution in [0.5, 0.6) is 5.75 Å². The predicted molar refractivity (Wildman–Crippen MR) is 87.5 cm³/mol. The molecule has 0 aliphatic carbocycles. The number of piperidine rings is 1. The summed E-state index contributed by atoms with van der Waals surface area (Å²) in [5.74, 6) is 0.231. The Balaban J connectivity index is 1.90. The van der Waals surface area contributed by atoms with Crippen LogP contribution in [-0.4, -0.2) is 42.1 Å². The maximum absolute atomic E-state index is 12.4. The normalized spacial score (nSPS) is 20.9. The lowest BCUT2D eigenvalue weighted by Gasteiger charge is -2.38. The van der Waals surface area contributed by atoms with Crippen LogP contribution in [0.1, 0.15) is 50.4 Å². The van der Waals surface area contributed by atoms with Gasteiger partial charge in [-0.25, -0.2) is 4.79 Å². The van der Waals surface area contributed by atoms with E-state index in [-0.39, 0.29) is 30.6 Å². The molecule has 2 rings (SSSR count). The lowest BCUT2D eigenvalue weighted by Crippen LogP contribution is -2.49. The van der Waals surface area contributed by atoms with Gasteiger partial charge in [0.1, 0.15) is 5.75 Å². The van der Waals surface area contributed by atoms with E-state index >= 15 is 0 Å². The smallest absolute Gasteiger partial charge is 0.338 e. The minimum atomic E-state index is -0.355. The topological polar surface area (TPSA) is 55.8 Å². The third-order valence-corrected chi connectivity index (χ3v) is 4.21. The van der Waals surface area contributed by atoms with E-state index in [0.29, 0.717) is 17.9 Å². The molecule has 0 spiro atoms. The number of hydrogen-bond acceptors (Lipinski definition) is 4. The first-order valence-corrected chi connectivity index (χ1v) is 8.24. The van der Waals surface area contributed by atoms with Gasteiger partial charge in [-0.1, -0.05) is 0 Å². The van der Waals surface area contributed by atoms with Gasteiger partial charge in [0.05, 0.1) is 12.2 Å². The highest BCUT2D eigenvalue weighted by Crippen LogP contribution is 2.23. The Morgan fingerprint density at radius 2 is 1.74 bits per heavy atom. The van der Waals surface area contributed by atoms with Crippen molar-refractivity contribution in [3.8, 4) is 5.75 Å². The number of nitrogens with zero attached hydrogens (tertiary/aromatic N) is 1. The van der Waals surface area contributed by atoms with Crippen molar-refractivity contribution in [2.24, 2.45) is 0 Å². The minimum absolute atomic E-state index is 0.0131. The molecule has 1 aliphatic heterocycles. The Labute approximate surface area is 137 Å². The van der Waals surface area contributed by atoms with E-state index in [4.69, 9.17) is 9.47 Å². The fourth-order valence-electron chi connectivity index (χ4n) is 3.03. The van der Waals surface area contributed by atoms with Crippen LogP contribution in [0.15, 0.2) is 24.3 Å². The van der Waals surface area contributed by atoms with Gasteiger partial charge in [-0.05, 0) is 64.3 Å². The summed E-state index contributed by atoms with van der Waals surface area (Å²) in [5, 5.41) is 0. The molecule has 1 fully saturated rings. The van der Waals surface area contributed by atoms with E-state index < -0.39 is 0 Å². The summed E-state index contributed by atoms with van der Waals surface area (Å²) in [6, 6.07) is 7.18. The van der Waals surface area contributed by atoms with Gasteiger partial charge in [0.15, 0.2) is 6.61 Å². The number of hydrogen-bond donors (Lipinski definition) is 0. The maximum Gasteiger partial charge on any atom is 0.338 e. The zero-order valence-corrected chi connectivity index (χ0v) is 14.1. The number of likely N-dealkylation sites (tertiary alicyclic amines) is 1. The summed E-state index contributed by atoms with van der Waals surface area (Å²) in [6.07, 6.45) is 3.26. The molecular weight excluding hydrogens is 294 g/mol. The van der Waals surface area contributed by atoms with Crippen molar-refractivity contribution in [3.05, 3.63) is 29.8 Å². The van der Waals surface area contributed by atoms with Crippen LogP contribution in [0.25, 0.3) is 0 Å². The molecule has 0 unspecified atom stereocenters. The molecule has 0 N–H and O–H groups in total. The van der Waals surface area contributed by atoms with Crippen molar-refractivity contribution in [3.63, 3.8) is 0 Å². The number of ether oxygens (including phenoxy) is 2. The van der Waals surface area contributed by atoms with Crippen LogP contribution >= 0.6 is 0 Å². The van der Waals surface area contributed by atoms with Crippen LogP contribution in [0, 0.1) is 0 Å². The Morgan fingerprint density at radius 3 is 2.30 bits per heavy atom. The van der Waals surface area contributed by atoms with Gasteiger partial charge in [0, 0.05) is 12.1 Å². The van der Waals surface area contributed by atoms with Gasteiger partial charge in [-0.15, -0.1) is 0 Å². The van der Waals surface area contributed by atoms with Gasteiger partial charge in [0.2, 0.25) is 0 Å². The second kappa shape index (κ2) is 7.99. The molecule has 2 atom stereocenters. The summed E-state index contributed by atoms with van der Waals surface area (Å²) >= 11 is 0. The zero-order valence-electron chi connectivity index (χ0n) is 14.1. The Kier molecular flexibility index (Phi) is 6.02. The molecule has 1 aromatic carbocycles. The van der Waals surface area contributed by atoms with Gasteiger partial charge < -0.3 is 14.4 Å². The molecule has 5 nitrogen and oxygen atoms in total. The molecular formula is C18H25NO4. The summed E-state index contributed by atoms with van der Waals surface area (Å²) in [7, 11) is 0. The first kappa shape index (κ1) is 17.3. The first-order chi connectivity index (χ1) is 11.0. The van der Waals surface area contributed by atoms with E-state index in [1.54, 1.807) is 31.2 Å². The number of rotatable bonds is 5. The van der Waals surface area contributed by atoms with Crippen LogP contribution < -0.4 is 4.74 Å². The molecule has 0 saturated carbocycles. The number of carbonyl (C=O) groups is 2. The van der Waals surface area contributed by atoms with Crippen molar-refractivity contribution in [2.75, 3.05) is 13.2 Å². The lowest BCUT2D eigenvalue weighted by molar-refractivity contribution is -0.139. The van der Waals surface area contributed by atoms with E-state index in [1.807, 2.05) is 4.90 Å². The Bertz CT molecular complexity index is 530. The summed E-state index contributed by atoms with van der Waals surface area (Å²) in [6.45, 7) is 6.30. The van der Waals surface area contributed by atoms with Crippen LogP contribution in [0.2, 0.25) is 0 Å². The predicted octanol–water partition coefficient (Wildman–Crippen LogP) is 3.03. The fourth-order valence-corrected chi connectivity index (χ4v) is 3.03.